The second kappa shape index (κ2) is 7.98. The van der Waals surface area contributed by atoms with E-state index in [0.717, 1.165) is 23.4 Å². The fourth-order valence-corrected chi connectivity index (χ4v) is 3.08. The topological polar surface area (TPSA) is 67.6 Å². The number of nitrogens with two attached hydrogens (primary N) is 1. The van der Waals surface area contributed by atoms with Crippen molar-refractivity contribution in [3.05, 3.63) is 65.2 Å². The molecule has 0 aromatic heterocycles. The molecule has 1 unspecified atom stereocenters. The van der Waals surface area contributed by atoms with Crippen LogP contribution >= 0.6 is 0 Å². The van der Waals surface area contributed by atoms with E-state index >= 15 is 0 Å². The van der Waals surface area contributed by atoms with E-state index in [1.807, 2.05) is 17.0 Å². The third-order valence-electron chi connectivity index (χ3n) is 4.51. The number of ether oxygens (including phenoxy) is 1. The van der Waals surface area contributed by atoms with Crippen molar-refractivity contribution in [2.24, 2.45) is 5.84 Å². The number of alkyl halides is 3. The monoisotopic (exact) mass is 379 g/mol. The van der Waals surface area contributed by atoms with Gasteiger partial charge in [0.05, 0.1) is 18.3 Å². The molecule has 2 aromatic rings. The molecule has 1 aliphatic heterocycles. The van der Waals surface area contributed by atoms with Gasteiger partial charge >= 0.3 is 6.18 Å². The quantitative estimate of drug-likeness (QED) is 0.487. The van der Waals surface area contributed by atoms with Gasteiger partial charge < -0.3 is 9.64 Å². The number of carbonyl (C=O) groups is 1. The molecular formula is C19H20F3N3O2. The summed E-state index contributed by atoms with van der Waals surface area (Å²) in [6.45, 7) is 1.70. The average Bonchev–Trinajstić information content (AvgIpc) is 2.67. The van der Waals surface area contributed by atoms with Gasteiger partial charge in [0.2, 0.25) is 0 Å². The Morgan fingerprint density at radius 3 is 2.41 bits per heavy atom. The van der Waals surface area contributed by atoms with Crippen LogP contribution in [0.2, 0.25) is 0 Å². The van der Waals surface area contributed by atoms with Crippen LogP contribution in [0.15, 0.2) is 48.5 Å². The lowest BCUT2D eigenvalue weighted by atomic mass is 10.0. The van der Waals surface area contributed by atoms with Gasteiger partial charge in [-0.1, -0.05) is 12.1 Å². The molecule has 1 amide bonds. The molecule has 8 heteroatoms. The van der Waals surface area contributed by atoms with Crippen molar-refractivity contribution in [3.8, 4) is 0 Å². The zero-order valence-electron chi connectivity index (χ0n) is 14.5. The van der Waals surface area contributed by atoms with Gasteiger partial charge in [0, 0.05) is 30.8 Å². The van der Waals surface area contributed by atoms with E-state index in [1.54, 1.807) is 12.1 Å². The molecule has 0 spiro atoms. The number of nitrogens with zero attached hydrogens (tertiary/aromatic N) is 1. The molecule has 0 aliphatic carbocycles. The predicted molar refractivity (Wildman–Crippen MR) is 95.2 cm³/mol. The molecule has 27 heavy (non-hydrogen) atoms. The highest BCUT2D eigenvalue weighted by Crippen LogP contribution is 2.31. The summed E-state index contributed by atoms with van der Waals surface area (Å²) in [4.78, 5) is 13.5. The van der Waals surface area contributed by atoms with Crippen molar-refractivity contribution >= 4 is 11.6 Å². The number of carbonyl (C=O) groups excluding carboxylic acids is 1. The number of hydrogen-bond acceptors (Lipinski definition) is 4. The summed E-state index contributed by atoms with van der Waals surface area (Å²) in [6.07, 6.45) is -3.78. The number of amides is 1. The number of rotatable bonds is 4. The summed E-state index contributed by atoms with van der Waals surface area (Å²) in [5, 5.41) is 0. The summed E-state index contributed by atoms with van der Waals surface area (Å²) < 4.78 is 43.9. The van der Waals surface area contributed by atoms with Crippen LogP contribution in [-0.4, -0.2) is 31.7 Å². The van der Waals surface area contributed by atoms with Crippen LogP contribution in [0.25, 0.3) is 0 Å². The molecule has 3 rings (SSSR count). The van der Waals surface area contributed by atoms with Gasteiger partial charge in [-0.2, -0.15) is 13.2 Å². The van der Waals surface area contributed by atoms with Gasteiger partial charge in [-0.15, -0.1) is 0 Å². The van der Waals surface area contributed by atoms with E-state index in [2.05, 4.69) is 5.43 Å². The third-order valence-corrected chi connectivity index (χ3v) is 4.51. The fourth-order valence-electron chi connectivity index (χ4n) is 3.08. The molecule has 5 nitrogen and oxygen atoms in total. The molecule has 1 atom stereocenters. The maximum atomic E-state index is 12.7. The van der Waals surface area contributed by atoms with E-state index in [9.17, 15) is 18.0 Å². The Balaban J connectivity index is 1.63. The summed E-state index contributed by atoms with van der Waals surface area (Å²) in [5.41, 5.74) is 3.64. The molecule has 0 saturated carbocycles. The van der Waals surface area contributed by atoms with Crippen molar-refractivity contribution in [1.29, 1.82) is 0 Å². The Labute approximate surface area is 154 Å². The largest absolute Gasteiger partial charge is 0.416 e. The SMILES string of the molecule is NNC(=O)c1ccc(CC2CN(c3ccc(C(F)(F)F)cc3)CCO2)cc1. The first-order valence-corrected chi connectivity index (χ1v) is 8.50. The maximum Gasteiger partial charge on any atom is 0.416 e. The number of benzene rings is 2. The number of morpholine rings is 1. The van der Waals surface area contributed by atoms with Gasteiger partial charge in [-0.3, -0.25) is 10.2 Å². The molecule has 1 saturated heterocycles. The predicted octanol–water partition coefficient (Wildman–Crippen LogP) is 2.76. The number of nitrogen functional groups attached to an aromatic ring is 1. The Bertz CT molecular complexity index is 776. The fraction of sp³-hybridized carbons (Fsp3) is 0.316. The minimum absolute atomic E-state index is 0.0878. The first-order valence-electron chi connectivity index (χ1n) is 8.50. The van der Waals surface area contributed by atoms with Gasteiger partial charge in [0.25, 0.3) is 5.91 Å². The maximum absolute atomic E-state index is 12.7. The number of nitrogens with one attached hydrogen (secondary N) is 1. The highest BCUT2D eigenvalue weighted by atomic mass is 19.4. The van der Waals surface area contributed by atoms with Crippen molar-refractivity contribution in [2.75, 3.05) is 24.6 Å². The van der Waals surface area contributed by atoms with Crippen LogP contribution in [0.3, 0.4) is 0 Å². The smallest absolute Gasteiger partial charge is 0.374 e. The Morgan fingerprint density at radius 1 is 1.15 bits per heavy atom. The number of halogens is 3. The normalized spacial score (nSPS) is 17.6. The van der Waals surface area contributed by atoms with Crippen molar-refractivity contribution < 1.29 is 22.7 Å². The lowest BCUT2D eigenvalue weighted by Crippen LogP contribution is -2.43. The van der Waals surface area contributed by atoms with Crippen LogP contribution in [0.1, 0.15) is 21.5 Å². The van der Waals surface area contributed by atoms with Crippen LogP contribution in [-0.2, 0) is 17.3 Å². The van der Waals surface area contributed by atoms with Gasteiger partial charge in [-0.25, -0.2) is 5.84 Å². The zero-order valence-corrected chi connectivity index (χ0v) is 14.5. The minimum atomic E-state index is -4.33. The number of hydrazine groups is 1. The highest BCUT2D eigenvalue weighted by Gasteiger charge is 2.30. The molecule has 0 radical (unpaired) electrons. The van der Waals surface area contributed by atoms with Crippen LogP contribution in [0.4, 0.5) is 18.9 Å². The molecule has 1 aliphatic rings. The average molecular weight is 379 g/mol. The third kappa shape index (κ3) is 4.78. The Kier molecular flexibility index (Phi) is 5.67. The van der Waals surface area contributed by atoms with Gasteiger partial charge in [-0.05, 0) is 42.0 Å². The summed E-state index contributed by atoms with van der Waals surface area (Å²) in [7, 11) is 0. The second-order valence-electron chi connectivity index (χ2n) is 6.36. The standard InChI is InChI=1S/C19H20F3N3O2/c20-19(21,22)15-5-7-16(8-6-15)25-9-10-27-17(12-25)11-13-1-3-14(4-2-13)18(26)24-23/h1-8,17H,9-12,23H2,(H,24,26). The van der Waals surface area contributed by atoms with E-state index in [4.69, 9.17) is 10.6 Å². The zero-order chi connectivity index (χ0) is 19.4. The first-order chi connectivity index (χ1) is 12.9. The van der Waals surface area contributed by atoms with Crippen molar-refractivity contribution in [1.82, 2.24) is 5.43 Å². The van der Waals surface area contributed by atoms with Crippen LogP contribution in [0, 0.1) is 0 Å². The van der Waals surface area contributed by atoms with Gasteiger partial charge in [0.1, 0.15) is 0 Å². The minimum Gasteiger partial charge on any atom is -0.374 e. The number of anilines is 1. The Hall–Kier alpha value is -2.58. The molecule has 1 heterocycles. The van der Waals surface area contributed by atoms with E-state index in [0.29, 0.717) is 31.7 Å². The Morgan fingerprint density at radius 2 is 1.81 bits per heavy atom. The second-order valence-corrected chi connectivity index (χ2v) is 6.36. The highest BCUT2D eigenvalue weighted by molar-refractivity contribution is 5.93. The van der Waals surface area contributed by atoms with Crippen LogP contribution in [0.5, 0.6) is 0 Å². The summed E-state index contributed by atoms with van der Waals surface area (Å²) >= 11 is 0. The molecule has 0 bridgehead atoms. The van der Waals surface area contributed by atoms with Gasteiger partial charge in [0.15, 0.2) is 0 Å². The van der Waals surface area contributed by atoms with E-state index in [1.165, 1.54) is 12.1 Å². The lowest BCUT2D eigenvalue weighted by Gasteiger charge is -2.34. The van der Waals surface area contributed by atoms with Crippen molar-refractivity contribution in [3.63, 3.8) is 0 Å². The summed E-state index contributed by atoms with van der Waals surface area (Å²) in [5.74, 6) is 4.75. The van der Waals surface area contributed by atoms with Crippen LogP contribution < -0.4 is 16.2 Å². The van der Waals surface area contributed by atoms with Crippen molar-refractivity contribution in [2.45, 2.75) is 18.7 Å². The van der Waals surface area contributed by atoms with E-state index in [-0.39, 0.29) is 12.0 Å². The molecule has 1 fully saturated rings. The van der Waals surface area contributed by atoms with E-state index < -0.39 is 11.7 Å². The lowest BCUT2D eigenvalue weighted by molar-refractivity contribution is -0.137. The molecular weight excluding hydrogens is 359 g/mol. The molecule has 144 valence electrons. The first kappa shape index (κ1) is 19.2. The summed E-state index contributed by atoms with van der Waals surface area (Å²) in [6, 6.07) is 12.2. The molecule has 2 aromatic carbocycles. The molecule has 3 N–H and O–H groups in total. The number of hydrogen-bond donors (Lipinski definition) is 2.